The van der Waals surface area contributed by atoms with Crippen LogP contribution in [0.2, 0.25) is 0 Å². The van der Waals surface area contributed by atoms with Crippen LogP contribution in [-0.2, 0) is 23.1 Å². The molecular weight excluding hydrogens is 632 g/mol. The molecule has 3 N–H and O–H groups in total. The van der Waals surface area contributed by atoms with E-state index in [0.29, 0.717) is 41.5 Å². The summed E-state index contributed by atoms with van der Waals surface area (Å²) >= 11 is 0. The molecule has 2 aliphatic heterocycles. The number of piperidine rings is 1. The van der Waals surface area contributed by atoms with E-state index in [1.807, 2.05) is 30.1 Å². The molecule has 4 amide bonds. The fraction of sp³-hybridized carbons (Fsp3) is 0.447. The van der Waals surface area contributed by atoms with Gasteiger partial charge in [0.2, 0.25) is 17.8 Å². The second-order valence-corrected chi connectivity index (χ2v) is 14.1. The summed E-state index contributed by atoms with van der Waals surface area (Å²) in [5.41, 5.74) is 5.71. The van der Waals surface area contributed by atoms with E-state index in [-0.39, 0.29) is 18.7 Å². The monoisotopic (exact) mass is 676 g/mol. The zero-order chi connectivity index (χ0) is 34.9. The van der Waals surface area contributed by atoms with Crippen LogP contribution in [0.15, 0.2) is 48.7 Å². The third-order valence-corrected chi connectivity index (χ3v) is 10.3. The van der Waals surface area contributed by atoms with Crippen LogP contribution in [0.1, 0.15) is 103 Å². The average molecular weight is 677 g/mol. The molecule has 2 aromatic heterocycles. The van der Waals surface area contributed by atoms with Crippen molar-refractivity contribution in [1.29, 1.82) is 0 Å². The number of unbranched alkanes of at least 4 members (excludes halogenated alkanes) is 2. The minimum Gasteiger partial charge on any atom is -0.351 e. The third-order valence-electron chi connectivity index (χ3n) is 10.3. The summed E-state index contributed by atoms with van der Waals surface area (Å²) < 4.78 is 1.97. The Bertz CT molecular complexity index is 1970. The lowest BCUT2D eigenvalue weighted by molar-refractivity contribution is -0.136. The van der Waals surface area contributed by atoms with Gasteiger partial charge in [-0.3, -0.25) is 34.1 Å². The smallest absolute Gasteiger partial charge is 0.262 e. The Hall–Kier alpha value is -4.97. The third kappa shape index (κ3) is 6.64. The number of aryl methyl sites for hydroxylation is 2. The van der Waals surface area contributed by atoms with Gasteiger partial charge in [-0.2, -0.15) is 5.10 Å². The number of benzene rings is 2. The van der Waals surface area contributed by atoms with Crippen LogP contribution in [0.3, 0.4) is 0 Å². The number of rotatable bonds is 12. The molecule has 1 aliphatic carbocycles. The highest BCUT2D eigenvalue weighted by atomic mass is 16.2. The lowest BCUT2D eigenvalue weighted by Crippen LogP contribution is -2.54. The highest BCUT2D eigenvalue weighted by Crippen LogP contribution is 2.32. The van der Waals surface area contributed by atoms with Gasteiger partial charge in [-0.25, -0.2) is 9.97 Å². The minimum atomic E-state index is -0.950. The van der Waals surface area contributed by atoms with Gasteiger partial charge in [-0.15, -0.1) is 0 Å². The van der Waals surface area contributed by atoms with Crippen molar-refractivity contribution in [2.45, 2.75) is 95.7 Å². The van der Waals surface area contributed by atoms with Crippen LogP contribution >= 0.6 is 0 Å². The van der Waals surface area contributed by atoms with E-state index in [0.717, 1.165) is 77.7 Å². The second-order valence-electron chi connectivity index (χ2n) is 14.1. The quantitative estimate of drug-likeness (QED) is 0.141. The van der Waals surface area contributed by atoms with Crippen LogP contribution in [0.5, 0.6) is 0 Å². The standard InChI is InChI=1S/C38H44N8O4/c1-22(2)34-28-20-24(11-14-30(28)44-45(34)3)29-17-19-40-38(42-29)41-26-13-12-25(21-26)39-18-6-4-5-8-23-9-7-10-27-33(23)37(50)46(36(27)49)31-15-16-32(47)43-35(31)48/h7,9-11,14,17,19-20,22,25-26,31,39H,4-6,8,12-13,15-16,18,21H2,1-3H3,(H,40,41,42)(H,43,47,48)/t25-,26-,31?/m0/s1. The maximum atomic E-state index is 13.3. The summed E-state index contributed by atoms with van der Waals surface area (Å²) in [4.78, 5) is 60.9. The van der Waals surface area contributed by atoms with Crippen molar-refractivity contribution >= 4 is 40.5 Å². The van der Waals surface area contributed by atoms with Gasteiger partial charge in [-0.05, 0) is 87.2 Å². The molecule has 0 bridgehead atoms. The molecule has 2 aromatic carbocycles. The Morgan fingerprint density at radius 2 is 1.80 bits per heavy atom. The van der Waals surface area contributed by atoms with Crippen LogP contribution in [0, 0.1) is 0 Å². The number of anilines is 1. The number of hydrogen-bond acceptors (Lipinski definition) is 9. The van der Waals surface area contributed by atoms with Crippen molar-refractivity contribution in [3.05, 3.63) is 71.0 Å². The Labute approximate surface area is 291 Å². The Morgan fingerprint density at radius 1 is 0.960 bits per heavy atom. The van der Waals surface area contributed by atoms with Gasteiger partial charge >= 0.3 is 0 Å². The molecule has 0 radical (unpaired) electrons. The molecular formula is C38H44N8O4. The zero-order valence-electron chi connectivity index (χ0n) is 28.9. The fourth-order valence-electron chi connectivity index (χ4n) is 7.85. The number of nitrogens with zero attached hydrogens (tertiary/aromatic N) is 5. The molecule has 2 fully saturated rings. The summed E-state index contributed by atoms with van der Waals surface area (Å²) in [7, 11) is 2.00. The van der Waals surface area contributed by atoms with E-state index in [1.165, 1.54) is 5.69 Å². The van der Waals surface area contributed by atoms with Gasteiger partial charge in [0.05, 0.1) is 22.3 Å². The molecule has 3 atom stereocenters. The van der Waals surface area contributed by atoms with Crippen LogP contribution in [0.4, 0.5) is 5.95 Å². The molecule has 1 unspecified atom stereocenters. The first-order valence-electron chi connectivity index (χ1n) is 17.8. The van der Waals surface area contributed by atoms with Gasteiger partial charge in [-0.1, -0.05) is 38.5 Å². The van der Waals surface area contributed by atoms with Gasteiger partial charge in [0, 0.05) is 48.4 Å². The summed E-state index contributed by atoms with van der Waals surface area (Å²) in [6.45, 7) is 5.28. The second kappa shape index (κ2) is 14.1. The average Bonchev–Trinajstić information content (AvgIpc) is 3.76. The van der Waals surface area contributed by atoms with Crippen molar-refractivity contribution in [3.63, 3.8) is 0 Å². The van der Waals surface area contributed by atoms with Gasteiger partial charge in [0.25, 0.3) is 11.8 Å². The number of fused-ring (bicyclic) bond motifs is 2. The van der Waals surface area contributed by atoms with Crippen molar-refractivity contribution in [1.82, 2.24) is 35.3 Å². The number of carbonyl (C=O) groups excluding carboxylic acids is 4. The summed E-state index contributed by atoms with van der Waals surface area (Å²) in [6.07, 6.45) is 8.76. The predicted molar refractivity (Wildman–Crippen MR) is 190 cm³/mol. The number of hydrogen-bond donors (Lipinski definition) is 3. The van der Waals surface area contributed by atoms with E-state index < -0.39 is 23.8 Å². The molecule has 4 heterocycles. The lowest BCUT2D eigenvalue weighted by Gasteiger charge is -2.27. The highest BCUT2D eigenvalue weighted by Gasteiger charge is 2.45. The van der Waals surface area contributed by atoms with Gasteiger partial charge in [0.1, 0.15) is 6.04 Å². The summed E-state index contributed by atoms with van der Waals surface area (Å²) in [5.74, 6) is -0.858. The summed E-state index contributed by atoms with van der Waals surface area (Å²) in [5, 5.41) is 15.4. The first-order valence-corrected chi connectivity index (χ1v) is 17.8. The maximum absolute atomic E-state index is 13.3. The molecule has 1 saturated heterocycles. The molecule has 4 aromatic rings. The summed E-state index contributed by atoms with van der Waals surface area (Å²) in [6, 6.07) is 13.4. The van der Waals surface area contributed by atoms with Crippen molar-refractivity contribution in [2.24, 2.45) is 7.05 Å². The number of imide groups is 2. The fourth-order valence-corrected chi connectivity index (χ4v) is 7.85. The molecule has 260 valence electrons. The van der Waals surface area contributed by atoms with Crippen LogP contribution in [-0.4, -0.2) is 72.9 Å². The molecule has 0 spiro atoms. The van der Waals surface area contributed by atoms with Crippen LogP contribution in [0.25, 0.3) is 22.2 Å². The van der Waals surface area contributed by atoms with Crippen molar-refractivity contribution in [2.75, 3.05) is 11.9 Å². The number of carbonyl (C=O) groups is 4. The number of amides is 4. The first kappa shape index (κ1) is 33.5. The van der Waals surface area contributed by atoms with Crippen LogP contribution < -0.4 is 16.0 Å². The number of nitrogens with one attached hydrogen (secondary N) is 3. The molecule has 12 heteroatoms. The molecule has 12 nitrogen and oxygen atoms in total. The molecule has 1 saturated carbocycles. The van der Waals surface area contributed by atoms with Crippen molar-refractivity contribution < 1.29 is 19.2 Å². The van der Waals surface area contributed by atoms with E-state index >= 15 is 0 Å². The Kier molecular flexibility index (Phi) is 9.46. The normalized spacial score (nSPS) is 20.6. The largest absolute Gasteiger partial charge is 0.351 e. The predicted octanol–water partition coefficient (Wildman–Crippen LogP) is 4.89. The van der Waals surface area contributed by atoms with Gasteiger partial charge in [0.15, 0.2) is 0 Å². The number of aromatic nitrogens is 4. The first-order chi connectivity index (χ1) is 24.2. The minimum absolute atomic E-state index is 0.107. The van der Waals surface area contributed by atoms with E-state index in [9.17, 15) is 19.2 Å². The molecule has 7 rings (SSSR count). The Balaban J connectivity index is 0.867. The van der Waals surface area contributed by atoms with Crippen molar-refractivity contribution in [3.8, 4) is 11.3 Å². The topological polar surface area (TPSA) is 151 Å². The van der Waals surface area contributed by atoms with E-state index in [1.54, 1.807) is 12.1 Å². The SMILES string of the molecule is CC(C)c1c2cc(-c3ccnc(N[C@H]4CC[C@H](NCCCCCc5cccc6c5C(=O)N(C5CCC(=O)NC5=O)C6=O)C4)n3)ccc2nn1C. The lowest BCUT2D eigenvalue weighted by atomic mass is 9.98. The highest BCUT2D eigenvalue weighted by molar-refractivity contribution is 6.24. The molecule has 50 heavy (non-hydrogen) atoms. The van der Waals surface area contributed by atoms with Gasteiger partial charge < -0.3 is 10.6 Å². The van der Waals surface area contributed by atoms with E-state index in [4.69, 9.17) is 4.98 Å². The zero-order valence-corrected chi connectivity index (χ0v) is 28.9. The maximum Gasteiger partial charge on any atom is 0.262 e. The Morgan fingerprint density at radius 3 is 2.62 bits per heavy atom. The molecule has 3 aliphatic rings. The van der Waals surface area contributed by atoms with E-state index in [2.05, 4.69) is 58.1 Å².